The third-order valence-electron chi connectivity index (χ3n) is 5.21. The lowest BCUT2D eigenvalue weighted by molar-refractivity contribution is -0.138. The molecule has 0 saturated carbocycles. The van der Waals surface area contributed by atoms with Gasteiger partial charge in [-0.05, 0) is 19.1 Å². The van der Waals surface area contributed by atoms with E-state index < -0.39 is 11.9 Å². The van der Waals surface area contributed by atoms with Crippen LogP contribution in [0.3, 0.4) is 0 Å². The maximum atomic E-state index is 11.5. The molecule has 3 aromatic heterocycles. The number of H-pyrrole nitrogens is 1. The standard InChI is InChI=1S/C20H19N5O3S/c1-11(20(26)27)16-9-15-17(29-16)19(25-5-7-28-8-6-25)23-18(22-15)12-3-2-4-14-13(12)10-21-24-14/h2-4,9-11H,5-8H2,1H3,(H,21,24)(H,26,27). The molecule has 1 aliphatic heterocycles. The molecule has 0 radical (unpaired) electrons. The molecule has 4 heterocycles. The number of carboxylic acid groups (broad SMARTS) is 1. The van der Waals surface area contributed by atoms with Gasteiger partial charge in [0.1, 0.15) is 0 Å². The van der Waals surface area contributed by atoms with Crippen LogP contribution in [0.2, 0.25) is 0 Å². The number of fused-ring (bicyclic) bond motifs is 2. The van der Waals surface area contributed by atoms with Gasteiger partial charge in [0.2, 0.25) is 0 Å². The number of morpholine rings is 1. The molecule has 0 bridgehead atoms. The summed E-state index contributed by atoms with van der Waals surface area (Å²) in [6, 6.07) is 7.77. The van der Waals surface area contributed by atoms with Gasteiger partial charge < -0.3 is 14.7 Å². The van der Waals surface area contributed by atoms with Crippen LogP contribution in [-0.2, 0) is 9.53 Å². The van der Waals surface area contributed by atoms with Crippen molar-refractivity contribution >= 4 is 44.2 Å². The van der Waals surface area contributed by atoms with Crippen molar-refractivity contribution in [3.63, 3.8) is 0 Å². The summed E-state index contributed by atoms with van der Waals surface area (Å²) in [6.07, 6.45) is 1.78. The summed E-state index contributed by atoms with van der Waals surface area (Å²) in [4.78, 5) is 24.2. The Morgan fingerprint density at radius 2 is 2.14 bits per heavy atom. The highest BCUT2D eigenvalue weighted by atomic mass is 32.1. The van der Waals surface area contributed by atoms with E-state index in [-0.39, 0.29) is 0 Å². The third kappa shape index (κ3) is 3.12. The zero-order valence-electron chi connectivity index (χ0n) is 15.8. The Balaban J connectivity index is 1.72. The number of rotatable bonds is 4. The lowest BCUT2D eigenvalue weighted by atomic mass is 10.1. The Morgan fingerprint density at radius 3 is 2.93 bits per heavy atom. The van der Waals surface area contributed by atoms with Gasteiger partial charge in [-0.1, -0.05) is 12.1 Å². The van der Waals surface area contributed by atoms with Crippen LogP contribution in [0, 0.1) is 0 Å². The summed E-state index contributed by atoms with van der Waals surface area (Å²) in [5, 5.41) is 17.5. The quantitative estimate of drug-likeness (QED) is 0.533. The average Bonchev–Trinajstić information content (AvgIpc) is 3.39. The van der Waals surface area contributed by atoms with Crippen LogP contribution in [-0.4, -0.2) is 57.5 Å². The maximum absolute atomic E-state index is 11.5. The van der Waals surface area contributed by atoms with E-state index in [1.54, 1.807) is 13.1 Å². The molecule has 0 aliphatic carbocycles. The fraction of sp³-hybridized carbons (Fsp3) is 0.300. The Hall–Kier alpha value is -3.04. The highest BCUT2D eigenvalue weighted by molar-refractivity contribution is 7.19. The van der Waals surface area contributed by atoms with Crippen LogP contribution in [0.15, 0.2) is 30.5 Å². The number of aromatic nitrogens is 4. The molecular weight excluding hydrogens is 390 g/mol. The number of nitrogens with one attached hydrogen (secondary N) is 1. The Kier molecular flexibility index (Phi) is 4.40. The zero-order valence-corrected chi connectivity index (χ0v) is 16.6. The maximum Gasteiger partial charge on any atom is 0.311 e. The van der Waals surface area contributed by atoms with E-state index in [4.69, 9.17) is 14.7 Å². The van der Waals surface area contributed by atoms with E-state index in [1.165, 1.54) is 11.3 Å². The van der Waals surface area contributed by atoms with Crippen molar-refractivity contribution < 1.29 is 14.6 Å². The summed E-state index contributed by atoms with van der Waals surface area (Å²) >= 11 is 1.46. The Labute approximate surface area is 170 Å². The predicted octanol–water partition coefficient (Wildman–Crippen LogP) is 3.26. The summed E-state index contributed by atoms with van der Waals surface area (Å²) < 4.78 is 6.41. The van der Waals surface area contributed by atoms with Crippen LogP contribution in [0.1, 0.15) is 17.7 Å². The smallest absolute Gasteiger partial charge is 0.311 e. The van der Waals surface area contributed by atoms with E-state index in [0.29, 0.717) is 19.0 Å². The van der Waals surface area contributed by atoms with Gasteiger partial charge in [-0.25, -0.2) is 9.97 Å². The fourth-order valence-electron chi connectivity index (χ4n) is 3.54. The molecule has 1 fully saturated rings. The van der Waals surface area contributed by atoms with Crippen LogP contribution in [0.4, 0.5) is 5.82 Å². The average molecular weight is 409 g/mol. The topological polar surface area (TPSA) is 104 Å². The zero-order chi connectivity index (χ0) is 20.0. The van der Waals surface area contributed by atoms with E-state index in [0.717, 1.165) is 50.5 Å². The highest BCUT2D eigenvalue weighted by Crippen LogP contribution is 2.38. The Morgan fingerprint density at radius 1 is 1.31 bits per heavy atom. The first-order valence-electron chi connectivity index (χ1n) is 9.41. The molecule has 148 valence electrons. The molecule has 29 heavy (non-hydrogen) atoms. The van der Waals surface area contributed by atoms with Gasteiger partial charge in [-0.15, -0.1) is 11.3 Å². The number of anilines is 1. The van der Waals surface area contributed by atoms with Crippen LogP contribution in [0.5, 0.6) is 0 Å². The SMILES string of the molecule is CC(C(=O)O)c1cc2nc(-c3cccc4[nH]ncc34)nc(N3CCOCC3)c2s1. The highest BCUT2D eigenvalue weighted by Gasteiger charge is 2.23. The summed E-state index contributed by atoms with van der Waals surface area (Å²) in [5.74, 6) is 0.00859. The summed E-state index contributed by atoms with van der Waals surface area (Å²) in [5.41, 5.74) is 2.58. The van der Waals surface area contributed by atoms with Gasteiger partial charge in [0.25, 0.3) is 0 Å². The molecule has 8 nitrogen and oxygen atoms in total. The van der Waals surface area contributed by atoms with Crippen LogP contribution in [0.25, 0.3) is 32.5 Å². The number of benzene rings is 1. The van der Waals surface area contributed by atoms with Crippen molar-refractivity contribution in [2.24, 2.45) is 0 Å². The van der Waals surface area contributed by atoms with Gasteiger partial charge in [0.15, 0.2) is 11.6 Å². The number of hydrogen-bond donors (Lipinski definition) is 2. The largest absolute Gasteiger partial charge is 0.481 e. The monoisotopic (exact) mass is 409 g/mol. The molecule has 1 saturated heterocycles. The van der Waals surface area contributed by atoms with E-state index in [1.807, 2.05) is 24.3 Å². The fourth-order valence-corrected chi connectivity index (χ4v) is 4.70. The van der Waals surface area contributed by atoms with Crippen molar-refractivity contribution in [2.75, 3.05) is 31.2 Å². The van der Waals surface area contributed by atoms with Crippen molar-refractivity contribution in [3.05, 3.63) is 35.3 Å². The number of carbonyl (C=O) groups is 1. The van der Waals surface area contributed by atoms with Crippen LogP contribution < -0.4 is 4.90 Å². The van der Waals surface area contributed by atoms with Gasteiger partial charge >= 0.3 is 5.97 Å². The number of ether oxygens (including phenoxy) is 1. The molecule has 1 aliphatic rings. The van der Waals surface area contributed by atoms with Crippen LogP contribution >= 0.6 is 11.3 Å². The summed E-state index contributed by atoms with van der Waals surface area (Å²) in [7, 11) is 0. The second kappa shape index (κ2) is 7.09. The molecule has 0 amide bonds. The minimum Gasteiger partial charge on any atom is -0.481 e. The number of hydrogen-bond acceptors (Lipinski definition) is 7. The molecular formula is C20H19N5O3S. The molecule has 0 spiro atoms. The minimum absolute atomic E-state index is 0.590. The second-order valence-corrected chi connectivity index (χ2v) is 8.11. The molecule has 1 unspecified atom stereocenters. The molecule has 9 heteroatoms. The van der Waals surface area contributed by atoms with Crippen molar-refractivity contribution in [1.82, 2.24) is 20.2 Å². The van der Waals surface area contributed by atoms with E-state index in [9.17, 15) is 9.90 Å². The first-order valence-corrected chi connectivity index (χ1v) is 10.2. The normalized spacial score (nSPS) is 15.8. The van der Waals surface area contributed by atoms with Crippen molar-refractivity contribution in [2.45, 2.75) is 12.8 Å². The third-order valence-corrected chi connectivity index (χ3v) is 6.51. The van der Waals surface area contributed by atoms with Gasteiger partial charge in [0, 0.05) is 28.9 Å². The van der Waals surface area contributed by atoms with Gasteiger partial charge in [0.05, 0.1) is 41.1 Å². The minimum atomic E-state index is -0.846. The Bertz CT molecular complexity index is 1210. The second-order valence-electron chi connectivity index (χ2n) is 7.03. The van der Waals surface area contributed by atoms with Crippen molar-refractivity contribution in [3.8, 4) is 11.4 Å². The molecule has 4 aromatic rings. The van der Waals surface area contributed by atoms with Crippen molar-refractivity contribution in [1.29, 1.82) is 0 Å². The number of nitrogens with zero attached hydrogens (tertiary/aromatic N) is 4. The lowest BCUT2D eigenvalue weighted by Gasteiger charge is -2.28. The lowest BCUT2D eigenvalue weighted by Crippen LogP contribution is -2.36. The number of aromatic amines is 1. The summed E-state index contributed by atoms with van der Waals surface area (Å²) in [6.45, 7) is 4.46. The van der Waals surface area contributed by atoms with Gasteiger partial charge in [-0.2, -0.15) is 5.10 Å². The van der Waals surface area contributed by atoms with E-state index in [2.05, 4.69) is 15.1 Å². The molecule has 1 atom stereocenters. The number of thiophene rings is 1. The van der Waals surface area contributed by atoms with E-state index >= 15 is 0 Å². The first-order chi connectivity index (χ1) is 14.1. The first kappa shape index (κ1) is 18.0. The van der Waals surface area contributed by atoms with Gasteiger partial charge in [-0.3, -0.25) is 9.89 Å². The molecule has 5 rings (SSSR count). The predicted molar refractivity (Wildman–Crippen MR) is 112 cm³/mol. The number of aliphatic carboxylic acids is 1. The molecule has 2 N–H and O–H groups in total. The molecule has 1 aromatic carbocycles. The number of carboxylic acids is 1.